The number of halogens is 1. The normalized spacial score (nSPS) is 11.7. The van der Waals surface area contributed by atoms with Crippen molar-refractivity contribution < 1.29 is 18.7 Å². The monoisotopic (exact) mass is 398 g/mol. The molecule has 0 bridgehead atoms. The zero-order valence-corrected chi connectivity index (χ0v) is 16.3. The lowest BCUT2D eigenvalue weighted by atomic mass is 10.1. The zero-order valence-electron chi connectivity index (χ0n) is 15.5. The van der Waals surface area contributed by atoms with E-state index < -0.39 is 5.97 Å². The summed E-state index contributed by atoms with van der Waals surface area (Å²) in [4.78, 5) is 30.3. The van der Waals surface area contributed by atoms with Gasteiger partial charge in [-0.2, -0.15) is 0 Å². The Labute approximate surface area is 166 Å². The van der Waals surface area contributed by atoms with Gasteiger partial charge in [0, 0.05) is 18.0 Å². The van der Waals surface area contributed by atoms with Crippen molar-refractivity contribution in [1.29, 1.82) is 0 Å². The molecule has 0 saturated heterocycles. The van der Waals surface area contributed by atoms with Crippen LogP contribution in [0.1, 0.15) is 29.0 Å². The standard InChI is InChI=1S/C21H19FN2O3S/c1-14(15-6-4-3-5-7-15)24(2)19(25)12-27-21(26)18-13-28-20(23-18)16-8-10-17(22)11-9-16/h3-11,13-14H,12H2,1-2H3/t14-/m1/s1. The second-order valence-electron chi connectivity index (χ2n) is 6.21. The van der Waals surface area contributed by atoms with Crippen molar-refractivity contribution in [2.75, 3.05) is 13.7 Å². The zero-order chi connectivity index (χ0) is 20.1. The average Bonchev–Trinajstić information content (AvgIpc) is 3.22. The molecule has 7 heteroatoms. The summed E-state index contributed by atoms with van der Waals surface area (Å²) in [5, 5.41) is 2.13. The lowest BCUT2D eigenvalue weighted by Gasteiger charge is -2.25. The summed E-state index contributed by atoms with van der Waals surface area (Å²) in [6, 6.07) is 15.3. The highest BCUT2D eigenvalue weighted by atomic mass is 32.1. The van der Waals surface area contributed by atoms with Gasteiger partial charge in [-0.05, 0) is 36.8 Å². The van der Waals surface area contributed by atoms with E-state index in [0.717, 1.165) is 5.56 Å². The lowest BCUT2D eigenvalue weighted by molar-refractivity contribution is -0.135. The van der Waals surface area contributed by atoms with Gasteiger partial charge in [0.05, 0.1) is 6.04 Å². The highest BCUT2D eigenvalue weighted by Crippen LogP contribution is 2.24. The van der Waals surface area contributed by atoms with E-state index in [-0.39, 0.29) is 30.1 Å². The van der Waals surface area contributed by atoms with Crippen LogP contribution in [0.25, 0.3) is 10.6 Å². The van der Waals surface area contributed by atoms with E-state index in [4.69, 9.17) is 4.74 Å². The molecule has 5 nitrogen and oxygen atoms in total. The summed E-state index contributed by atoms with van der Waals surface area (Å²) in [6.45, 7) is 1.54. The van der Waals surface area contributed by atoms with Crippen LogP contribution in [0.5, 0.6) is 0 Å². The smallest absolute Gasteiger partial charge is 0.358 e. The maximum atomic E-state index is 13.0. The molecule has 1 heterocycles. The van der Waals surface area contributed by atoms with Crippen LogP contribution in [-0.4, -0.2) is 35.4 Å². The minimum Gasteiger partial charge on any atom is -0.451 e. The summed E-state index contributed by atoms with van der Waals surface area (Å²) >= 11 is 1.25. The molecule has 1 amide bonds. The van der Waals surface area contributed by atoms with E-state index in [1.807, 2.05) is 37.3 Å². The van der Waals surface area contributed by atoms with Crippen molar-refractivity contribution in [3.63, 3.8) is 0 Å². The first-order chi connectivity index (χ1) is 13.5. The molecule has 28 heavy (non-hydrogen) atoms. The number of rotatable bonds is 6. The first-order valence-corrected chi connectivity index (χ1v) is 9.53. The molecular weight excluding hydrogens is 379 g/mol. The predicted molar refractivity (Wildman–Crippen MR) is 105 cm³/mol. The highest BCUT2D eigenvalue weighted by molar-refractivity contribution is 7.13. The van der Waals surface area contributed by atoms with Gasteiger partial charge in [0.25, 0.3) is 5.91 Å². The fourth-order valence-electron chi connectivity index (χ4n) is 2.57. The van der Waals surface area contributed by atoms with Crippen molar-refractivity contribution in [2.24, 2.45) is 0 Å². The summed E-state index contributed by atoms with van der Waals surface area (Å²) in [6.07, 6.45) is 0. The van der Waals surface area contributed by atoms with Gasteiger partial charge in [-0.3, -0.25) is 4.79 Å². The largest absolute Gasteiger partial charge is 0.451 e. The van der Waals surface area contributed by atoms with E-state index in [1.165, 1.54) is 28.4 Å². The van der Waals surface area contributed by atoms with Gasteiger partial charge in [-0.1, -0.05) is 30.3 Å². The second-order valence-corrected chi connectivity index (χ2v) is 7.07. The molecule has 3 aromatic rings. The van der Waals surface area contributed by atoms with E-state index in [9.17, 15) is 14.0 Å². The minimum absolute atomic E-state index is 0.121. The average molecular weight is 398 g/mol. The molecule has 1 aromatic heterocycles. The van der Waals surface area contributed by atoms with Crippen molar-refractivity contribution in [2.45, 2.75) is 13.0 Å². The molecule has 0 radical (unpaired) electrons. The number of hydrogen-bond acceptors (Lipinski definition) is 5. The van der Waals surface area contributed by atoms with Gasteiger partial charge in [0.15, 0.2) is 12.3 Å². The number of aromatic nitrogens is 1. The number of thiazole rings is 1. The molecule has 0 unspecified atom stereocenters. The van der Waals surface area contributed by atoms with E-state index in [0.29, 0.717) is 10.6 Å². The van der Waals surface area contributed by atoms with Crippen LogP contribution in [0.3, 0.4) is 0 Å². The molecule has 0 aliphatic rings. The molecule has 144 valence electrons. The SMILES string of the molecule is C[C@H](c1ccccc1)N(C)C(=O)COC(=O)c1csc(-c2ccc(F)cc2)n1. The van der Waals surface area contributed by atoms with E-state index in [1.54, 1.807) is 24.6 Å². The summed E-state index contributed by atoms with van der Waals surface area (Å²) < 4.78 is 18.1. The maximum absolute atomic E-state index is 13.0. The van der Waals surface area contributed by atoms with E-state index in [2.05, 4.69) is 4.98 Å². The summed E-state index contributed by atoms with van der Waals surface area (Å²) in [5.74, 6) is -1.32. The van der Waals surface area contributed by atoms with Crippen molar-refractivity contribution in [1.82, 2.24) is 9.88 Å². The number of ether oxygens (including phenoxy) is 1. The number of esters is 1. The molecular formula is C21H19FN2O3S. The third kappa shape index (κ3) is 4.61. The van der Waals surface area contributed by atoms with E-state index >= 15 is 0 Å². The summed E-state index contributed by atoms with van der Waals surface area (Å²) in [7, 11) is 1.67. The Kier molecular flexibility index (Phi) is 6.16. The van der Waals surface area contributed by atoms with Gasteiger partial charge < -0.3 is 9.64 Å². The molecule has 0 fully saturated rings. The molecule has 0 saturated carbocycles. The number of carbonyl (C=O) groups excluding carboxylic acids is 2. The van der Waals surface area contributed by atoms with Crippen molar-refractivity contribution in [3.05, 3.63) is 77.1 Å². The fourth-order valence-corrected chi connectivity index (χ4v) is 3.36. The van der Waals surface area contributed by atoms with Gasteiger partial charge in [-0.15, -0.1) is 11.3 Å². The maximum Gasteiger partial charge on any atom is 0.358 e. The van der Waals surface area contributed by atoms with Crippen LogP contribution in [0.2, 0.25) is 0 Å². The highest BCUT2D eigenvalue weighted by Gasteiger charge is 2.20. The molecule has 0 N–H and O–H groups in total. The Morgan fingerprint density at radius 2 is 1.82 bits per heavy atom. The van der Waals surface area contributed by atoms with Gasteiger partial charge in [-0.25, -0.2) is 14.2 Å². The molecule has 0 aliphatic carbocycles. The van der Waals surface area contributed by atoms with Crippen LogP contribution in [-0.2, 0) is 9.53 Å². The molecule has 0 aliphatic heterocycles. The molecule has 2 aromatic carbocycles. The van der Waals surface area contributed by atoms with Gasteiger partial charge >= 0.3 is 5.97 Å². The van der Waals surface area contributed by atoms with Crippen molar-refractivity contribution in [3.8, 4) is 10.6 Å². The second kappa shape index (κ2) is 8.75. The first-order valence-electron chi connectivity index (χ1n) is 8.65. The number of nitrogens with zero attached hydrogens (tertiary/aromatic N) is 2. The lowest BCUT2D eigenvalue weighted by Crippen LogP contribution is -2.33. The summed E-state index contributed by atoms with van der Waals surface area (Å²) in [5.41, 5.74) is 1.82. The molecule has 1 atom stereocenters. The number of benzene rings is 2. The van der Waals surface area contributed by atoms with Crippen LogP contribution in [0.15, 0.2) is 60.0 Å². The van der Waals surface area contributed by atoms with Crippen LogP contribution >= 0.6 is 11.3 Å². The third-order valence-corrected chi connectivity index (χ3v) is 5.28. The van der Waals surface area contributed by atoms with Crippen LogP contribution in [0.4, 0.5) is 4.39 Å². The third-order valence-electron chi connectivity index (χ3n) is 4.39. The van der Waals surface area contributed by atoms with Crippen LogP contribution < -0.4 is 0 Å². The Morgan fingerprint density at radius 3 is 2.50 bits per heavy atom. The number of hydrogen-bond donors (Lipinski definition) is 0. The Bertz CT molecular complexity index is 957. The quantitative estimate of drug-likeness (QED) is 0.580. The van der Waals surface area contributed by atoms with Gasteiger partial charge in [0.1, 0.15) is 10.8 Å². The molecule has 3 rings (SSSR count). The Morgan fingerprint density at radius 1 is 1.14 bits per heavy atom. The van der Waals surface area contributed by atoms with Crippen LogP contribution in [0, 0.1) is 5.82 Å². The Hall–Kier alpha value is -3.06. The minimum atomic E-state index is -0.668. The predicted octanol–water partition coefficient (Wildman–Crippen LogP) is 4.33. The topological polar surface area (TPSA) is 59.5 Å². The fraction of sp³-hybridized carbons (Fsp3) is 0.190. The number of carbonyl (C=O) groups is 2. The number of amides is 1. The number of likely N-dealkylation sites (N-methyl/N-ethyl adjacent to an activating group) is 1. The van der Waals surface area contributed by atoms with Crippen molar-refractivity contribution >= 4 is 23.2 Å². The Balaban J connectivity index is 1.58. The van der Waals surface area contributed by atoms with Gasteiger partial charge in [0.2, 0.25) is 0 Å². The molecule has 0 spiro atoms. The first kappa shape index (κ1) is 19.7.